The first-order chi connectivity index (χ1) is 10.7. The molecule has 0 heterocycles. The molecule has 0 saturated carbocycles. The number of amides is 1. The molecule has 122 valence electrons. The van der Waals surface area contributed by atoms with Crippen LogP contribution in [0.5, 0.6) is 5.75 Å². The maximum atomic E-state index is 12.1. The van der Waals surface area contributed by atoms with E-state index in [1.54, 1.807) is 18.1 Å². The molecule has 0 atom stereocenters. The summed E-state index contributed by atoms with van der Waals surface area (Å²) in [5, 5.41) is 9.05. The van der Waals surface area contributed by atoms with Crippen LogP contribution in [0.15, 0.2) is 30.3 Å². The molecule has 0 saturated heterocycles. The predicted octanol–water partition coefficient (Wildman–Crippen LogP) is 1.96. The molecule has 0 unspecified atom stereocenters. The van der Waals surface area contributed by atoms with Crippen molar-refractivity contribution in [2.75, 3.05) is 40.0 Å². The highest BCUT2D eigenvalue weighted by atomic mass is 16.5. The lowest BCUT2D eigenvalue weighted by molar-refractivity contribution is -0.126. The van der Waals surface area contributed by atoms with Crippen molar-refractivity contribution in [1.82, 2.24) is 4.90 Å². The molecule has 22 heavy (non-hydrogen) atoms. The van der Waals surface area contributed by atoms with Crippen molar-refractivity contribution in [2.24, 2.45) is 0 Å². The second-order valence-corrected chi connectivity index (χ2v) is 4.73. The highest BCUT2D eigenvalue weighted by Crippen LogP contribution is 2.13. The number of aliphatic hydroxyl groups is 1. The Kier molecular flexibility index (Phi) is 8.95. The summed E-state index contributed by atoms with van der Waals surface area (Å²) in [5.74, 6) is 0.700. The Balaban J connectivity index is 2.58. The zero-order valence-corrected chi connectivity index (χ0v) is 13.3. The third-order valence-electron chi connectivity index (χ3n) is 3.07. The van der Waals surface area contributed by atoms with E-state index in [0.29, 0.717) is 26.3 Å². The average molecular weight is 307 g/mol. The minimum Gasteiger partial charge on any atom is -0.494 e. The molecule has 0 aliphatic carbocycles. The standard InChI is InChI=1S/C17H25NO4/c1-3-22-16-8-5-15(6-9-16)7-10-17(20)18(12-13-19)11-4-14-21-2/h5-10,19H,3-4,11-14H2,1-2H3/b10-7+. The quantitative estimate of drug-likeness (QED) is 0.530. The van der Waals surface area contributed by atoms with Gasteiger partial charge in [0.15, 0.2) is 0 Å². The van der Waals surface area contributed by atoms with Crippen LogP contribution in [-0.2, 0) is 9.53 Å². The fourth-order valence-corrected chi connectivity index (χ4v) is 1.97. The lowest BCUT2D eigenvalue weighted by atomic mass is 10.2. The van der Waals surface area contributed by atoms with Crippen LogP contribution in [0.1, 0.15) is 18.9 Å². The summed E-state index contributed by atoms with van der Waals surface area (Å²) in [7, 11) is 1.63. The van der Waals surface area contributed by atoms with Gasteiger partial charge in [0.05, 0.1) is 13.2 Å². The van der Waals surface area contributed by atoms with E-state index < -0.39 is 0 Å². The van der Waals surface area contributed by atoms with Gasteiger partial charge in [-0.05, 0) is 37.1 Å². The first-order valence-corrected chi connectivity index (χ1v) is 7.51. The van der Waals surface area contributed by atoms with E-state index >= 15 is 0 Å². The monoisotopic (exact) mass is 307 g/mol. The SMILES string of the molecule is CCOc1ccc(/C=C/C(=O)N(CCO)CCCOC)cc1. The predicted molar refractivity (Wildman–Crippen MR) is 86.8 cm³/mol. The van der Waals surface area contributed by atoms with Gasteiger partial charge in [-0.25, -0.2) is 0 Å². The summed E-state index contributed by atoms with van der Waals surface area (Å²) in [6, 6.07) is 7.54. The minimum atomic E-state index is -0.112. The molecule has 1 rings (SSSR count). The summed E-state index contributed by atoms with van der Waals surface area (Å²) in [5.41, 5.74) is 0.928. The Morgan fingerprint density at radius 3 is 2.59 bits per heavy atom. The summed E-state index contributed by atoms with van der Waals surface area (Å²) >= 11 is 0. The van der Waals surface area contributed by atoms with Crippen LogP contribution in [0.3, 0.4) is 0 Å². The number of methoxy groups -OCH3 is 1. The first kappa shape index (κ1) is 18.2. The summed E-state index contributed by atoms with van der Waals surface area (Å²) in [6.07, 6.45) is 4.04. The molecule has 0 fully saturated rings. The zero-order valence-electron chi connectivity index (χ0n) is 13.3. The number of rotatable bonds is 10. The number of hydrogen-bond acceptors (Lipinski definition) is 4. The molecule has 1 amide bonds. The molecular formula is C17H25NO4. The molecule has 0 bridgehead atoms. The van der Waals surface area contributed by atoms with Gasteiger partial charge in [0.1, 0.15) is 5.75 Å². The molecule has 5 heteroatoms. The van der Waals surface area contributed by atoms with Crippen molar-refractivity contribution in [1.29, 1.82) is 0 Å². The Morgan fingerprint density at radius 1 is 1.27 bits per heavy atom. The third kappa shape index (κ3) is 6.74. The lowest BCUT2D eigenvalue weighted by Gasteiger charge is -2.19. The van der Waals surface area contributed by atoms with Gasteiger partial charge in [-0.2, -0.15) is 0 Å². The second kappa shape index (κ2) is 10.8. The van der Waals surface area contributed by atoms with Gasteiger partial charge in [0, 0.05) is 32.9 Å². The molecule has 1 aromatic rings. The molecule has 0 aromatic heterocycles. The summed E-state index contributed by atoms with van der Waals surface area (Å²) in [4.78, 5) is 13.7. The van der Waals surface area contributed by atoms with Crippen molar-refractivity contribution in [3.05, 3.63) is 35.9 Å². The van der Waals surface area contributed by atoms with E-state index in [1.165, 1.54) is 6.08 Å². The molecule has 0 aliphatic heterocycles. The first-order valence-electron chi connectivity index (χ1n) is 7.51. The van der Waals surface area contributed by atoms with E-state index in [-0.39, 0.29) is 12.5 Å². The summed E-state index contributed by atoms with van der Waals surface area (Å²) in [6.45, 7) is 4.02. The van der Waals surface area contributed by atoms with Crippen LogP contribution < -0.4 is 4.74 Å². The number of benzene rings is 1. The largest absolute Gasteiger partial charge is 0.494 e. The smallest absolute Gasteiger partial charge is 0.246 e. The Morgan fingerprint density at radius 2 is 2.00 bits per heavy atom. The molecule has 1 aromatic carbocycles. The van der Waals surface area contributed by atoms with Gasteiger partial charge in [-0.1, -0.05) is 12.1 Å². The zero-order chi connectivity index (χ0) is 16.2. The van der Waals surface area contributed by atoms with E-state index in [4.69, 9.17) is 14.6 Å². The fraction of sp³-hybridized carbons (Fsp3) is 0.471. The molecule has 1 N–H and O–H groups in total. The Bertz CT molecular complexity index is 456. The van der Waals surface area contributed by atoms with Crippen molar-refractivity contribution in [3.63, 3.8) is 0 Å². The number of carbonyl (C=O) groups is 1. The number of nitrogens with zero attached hydrogens (tertiary/aromatic N) is 1. The van der Waals surface area contributed by atoms with Crippen LogP contribution in [0.4, 0.5) is 0 Å². The summed E-state index contributed by atoms with van der Waals surface area (Å²) < 4.78 is 10.4. The Hall–Kier alpha value is -1.85. The third-order valence-corrected chi connectivity index (χ3v) is 3.07. The van der Waals surface area contributed by atoms with Crippen LogP contribution in [0.2, 0.25) is 0 Å². The maximum Gasteiger partial charge on any atom is 0.246 e. The van der Waals surface area contributed by atoms with Crippen molar-refractivity contribution < 1.29 is 19.4 Å². The van der Waals surface area contributed by atoms with Gasteiger partial charge in [0.2, 0.25) is 5.91 Å². The van der Waals surface area contributed by atoms with Crippen molar-refractivity contribution in [3.8, 4) is 5.75 Å². The van der Waals surface area contributed by atoms with Crippen molar-refractivity contribution in [2.45, 2.75) is 13.3 Å². The van der Waals surface area contributed by atoms with Gasteiger partial charge >= 0.3 is 0 Å². The van der Waals surface area contributed by atoms with Crippen LogP contribution in [0, 0.1) is 0 Å². The molecular weight excluding hydrogens is 282 g/mol. The fourth-order valence-electron chi connectivity index (χ4n) is 1.97. The van der Waals surface area contributed by atoms with Crippen LogP contribution in [-0.4, -0.2) is 55.9 Å². The van der Waals surface area contributed by atoms with Gasteiger partial charge in [-0.15, -0.1) is 0 Å². The normalized spacial score (nSPS) is 10.9. The van der Waals surface area contributed by atoms with Crippen LogP contribution in [0.25, 0.3) is 6.08 Å². The van der Waals surface area contributed by atoms with Crippen molar-refractivity contribution >= 4 is 12.0 Å². The molecule has 0 spiro atoms. The van der Waals surface area contributed by atoms with E-state index in [2.05, 4.69) is 0 Å². The molecule has 5 nitrogen and oxygen atoms in total. The minimum absolute atomic E-state index is 0.0460. The topological polar surface area (TPSA) is 59.0 Å². The molecule has 0 aliphatic rings. The van der Waals surface area contributed by atoms with Gasteiger partial charge in [-0.3, -0.25) is 4.79 Å². The Labute approximate surface area is 132 Å². The second-order valence-electron chi connectivity index (χ2n) is 4.73. The van der Waals surface area contributed by atoms with Crippen LogP contribution >= 0.6 is 0 Å². The number of carbonyl (C=O) groups excluding carboxylic acids is 1. The van der Waals surface area contributed by atoms with E-state index in [9.17, 15) is 4.79 Å². The number of ether oxygens (including phenoxy) is 2. The van der Waals surface area contributed by atoms with E-state index in [1.807, 2.05) is 31.2 Å². The number of aliphatic hydroxyl groups excluding tert-OH is 1. The lowest BCUT2D eigenvalue weighted by Crippen LogP contribution is -2.33. The highest BCUT2D eigenvalue weighted by molar-refractivity contribution is 5.91. The van der Waals surface area contributed by atoms with E-state index in [0.717, 1.165) is 17.7 Å². The maximum absolute atomic E-state index is 12.1. The number of hydrogen-bond donors (Lipinski definition) is 1. The molecule has 0 radical (unpaired) electrons. The van der Waals surface area contributed by atoms with Gasteiger partial charge < -0.3 is 19.5 Å². The average Bonchev–Trinajstić information content (AvgIpc) is 2.53. The highest BCUT2D eigenvalue weighted by Gasteiger charge is 2.09. The van der Waals surface area contributed by atoms with Gasteiger partial charge in [0.25, 0.3) is 0 Å².